The molecule has 0 saturated carbocycles. The predicted molar refractivity (Wildman–Crippen MR) is 118 cm³/mol. The zero-order chi connectivity index (χ0) is 21.1. The van der Waals surface area contributed by atoms with E-state index < -0.39 is 11.8 Å². The van der Waals surface area contributed by atoms with E-state index in [-0.39, 0.29) is 5.91 Å². The van der Waals surface area contributed by atoms with Gasteiger partial charge in [0.2, 0.25) is 5.72 Å². The molecule has 1 aromatic carbocycles. The number of thiophene rings is 1. The first-order valence-electron chi connectivity index (χ1n) is 10.0. The molecule has 0 spiro atoms. The number of fused-ring (bicyclic) bond motifs is 1. The summed E-state index contributed by atoms with van der Waals surface area (Å²) in [6.07, 6.45) is 1.85. The van der Waals surface area contributed by atoms with Crippen molar-refractivity contribution in [3.05, 3.63) is 50.7 Å². The van der Waals surface area contributed by atoms with E-state index in [2.05, 4.69) is 34.0 Å². The van der Waals surface area contributed by atoms with Crippen molar-refractivity contribution in [2.75, 3.05) is 38.5 Å². The minimum Gasteiger partial charge on any atom is -0.421 e. The quantitative estimate of drug-likeness (QED) is 0.626. The van der Waals surface area contributed by atoms with Gasteiger partial charge in [-0.2, -0.15) is 0 Å². The van der Waals surface area contributed by atoms with Gasteiger partial charge in [-0.15, -0.1) is 11.3 Å². The lowest BCUT2D eigenvalue weighted by Gasteiger charge is -2.29. The zero-order valence-corrected chi connectivity index (χ0v) is 18.4. The van der Waals surface area contributed by atoms with Gasteiger partial charge in [0.15, 0.2) is 0 Å². The fraction of sp³-hybridized carbons (Fsp3) is 0.429. The number of halogens is 1. The summed E-state index contributed by atoms with van der Waals surface area (Å²) in [5.41, 5.74) is 2.17. The van der Waals surface area contributed by atoms with Crippen molar-refractivity contribution in [1.82, 2.24) is 15.5 Å². The number of ether oxygens (including phenoxy) is 1. The van der Waals surface area contributed by atoms with Crippen LogP contribution in [0.15, 0.2) is 30.3 Å². The van der Waals surface area contributed by atoms with Crippen molar-refractivity contribution in [3.8, 4) is 0 Å². The Balaban J connectivity index is 1.42. The number of nitrogens with zero attached hydrogens (tertiary/aromatic N) is 1. The average Bonchev–Trinajstić information content (AvgIpc) is 3.30. The van der Waals surface area contributed by atoms with Crippen LogP contribution in [0.4, 0.5) is 10.5 Å². The van der Waals surface area contributed by atoms with Crippen LogP contribution in [0.1, 0.15) is 27.2 Å². The standard InChI is InChI=1S/C21H25ClN4O3S/c1-26-10-6-14-2-3-16(12-15(14)7-11-26)24-20(28)29-21(8-9-23-13-21)25-19(27)17-4-5-18(22)30-17/h2-5,12,23H,6-11,13H2,1H3,(H,24,28)(H,25,27). The van der Waals surface area contributed by atoms with E-state index >= 15 is 0 Å². The molecule has 1 aromatic heterocycles. The second kappa shape index (κ2) is 8.93. The van der Waals surface area contributed by atoms with Gasteiger partial charge in [-0.25, -0.2) is 4.79 Å². The normalized spacial score (nSPS) is 21.5. The number of hydrogen-bond donors (Lipinski definition) is 3. The van der Waals surface area contributed by atoms with Gasteiger partial charge in [-0.1, -0.05) is 17.7 Å². The Labute approximate surface area is 184 Å². The lowest BCUT2D eigenvalue weighted by atomic mass is 10.0. The number of anilines is 1. The van der Waals surface area contributed by atoms with Gasteiger partial charge in [0, 0.05) is 31.7 Å². The Kier molecular flexibility index (Phi) is 6.29. The van der Waals surface area contributed by atoms with Gasteiger partial charge in [0.1, 0.15) is 0 Å². The topological polar surface area (TPSA) is 82.7 Å². The fourth-order valence-electron chi connectivity index (χ4n) is 3.83. The van der Waals surface area contributed by atoms with Crippen LogP contribution >= 0.6 is 22.9 Å². The number of amides is 2. The van der Waals surface area contributed by atoms with Crippen molar-refractivity contribution in [2.24, 2.45) is 0 Å². The first-order valence-corrected chi connectivity index (χ1v) is 11.2. The molecule has 2 amide bonds. The molecule has 2 aromatic rings. The Morgan fingerprint density at radius 2 is 2.00 bits per heavy atom. The van der Waals surface area contributed by atoms with Crippen LogP contribution in [0, 0.1) is 0 Å². The molecule has 0 bridgehead atoms. The van der Waals surface area contributed by atoms with E-state index in [1.54, 1.807) is 12.1 Å². The van der Waals surface area contributed by atoms with Crippen LogP contribution in [0.2, 0.25) is 4.34 Å². The summed E-state index contributed by atoms with van der Waals surface area (Å²) in [7, 11) is 2.12. The van der Waals surface area contributed by atoms with Crippen LogP contribution in [-0.4, -0.2) is 55.9 Å². The number of rotatable bonds is 4. The van der Waals surface area contributed by atoms with Crippen LogP contribution in [-0.2, 0) is 17.6 Å². The molecule has 1 fully saturated rings. The highest BCUT2D eigenvalue weighted by molar-refractivity contribution is 7.18. The molecular formula is C21H25ClN4O3S. The molecule has 3 heterocycles. The third-order valence-corrected chi connectivity index (χ3v) is 6.75. The third kappa shape index (κ3) is 4.95. The van der Waals surface area contributed by atoms with E-state index in [1.807, 2.05) is 12.1 Å². The molecule has 2 aliphatic heterocycles. The molecule has 1 unspecified atom stereocenters. The van der Waals surface area contributed by atoms with Crippen molar-refractivity contribution >= 4 is 40.6 Å². The van der Waals surface area contributed by atoms with Crippen LogP contribution in [0.25, 0.3) is 0 Å². The van der Waals surface area contributed by atoms with Crippen LogP contribution in [0.5, 0.6) is 0 Å². The number of likely N-dealkylation sites (N-methyl/N-ethyl adjacent to an activating group) is 1. The summed E-state index contributed by atoms with van der Waals surface area (Å²) in [5.74, 6) is -0.308. The van der Waals surface area contributed by atoms with E-state index in [9.17, 15) is 9.59 Å². The zero-order valence-electron chi connectivity index (χ0n) is 16.8. The number of benzene rings is 1. The molecule has 0 aliphatic carbocycles. The minimum atomic E-state index is -1.09. The maximum absolute atomic E-state index is 12.6. The van der Waals surface area contributed by atoms with Crippen LogP contribution in [0.3, 0.4) is 0 Å². The molecule has 1 saturated heterocycles. The highest BCUT2D eigenvalue weighted by Gasteiger charge is 2.40. The molecule has 160 valence electrons. The number of nitrogens with one attached hydrogen (secondary N) is 3. The van der Waals surface area contributed by atoms with Crippen molar-refractivity contribution in [1.29, 1.82) is 0 Å². The number of carbonyl (C=O) groups excluding carboxylic acids is 2. The van der Waals surface area contributed by atoms with Crippen molar-refractivity contribution < 1.29 is 14.3 Å². The molecular weight excluding hydrogens is 424 g/mol. The first kappa shape index (κ1) is 21.1. The lowest BCUT2D eigenvalue weighted by molar-refractivity contribution is 0.00952. The second-order valence-corrected chi connectivity index (χ2v) is 9.50. The Hall–Kier alpha value is -2.13. The van der Waals surface area contributed by atoms with Crippen molar-refractivity contribution in [2.45, 2.75) is 25.0 Å². The van der Waals surface area contributed by atoms with E-state index in [0.29, 0.717) is 34.4 Å². The Bertz CT molecular complexity index is 942. The first-order chi connectivity index (χ1) is 14.4. The molecule has 4 rings (SSSR count). The molecule has 0 radical (unpaired) electrons. The lowest BCUT2D eigenvalue weighted by Crippen LogP contribution is -2.53. The van der Waals surface area contributed by atoms with Crippen molar-refractivity contribution in [3.63, 3.8) is 0 Å². The molecule has 30 heavy (non-hydrogen) atoms. The van der Waals surface area contributed by atoms with E-state index in [4.69, 9.17) is 16.3 Å². The summed E-state index contributed by atoms with van der Waals surface area (Å²) in [5, 5.41) is 8.83. The molecule has 3 N–H and O–H groups in total. The summed E-state index contributed by atoms with van der Waals surface area (Å²) in [6, 6.07) is 9.31. The SMILES string of the molecule is CN1CCc2ccc(NC(=O)OC3(NC(=O)c4ccc(Cl)s4)CCNC3)cc2CC1. The number of carbonyl (C=O) groups is 2. The smallest absolute Gasteiger partial charge is 0.413 e. The van der Waals surface area contributed by atoms with Gasteiger partial charge in [-0.05, 0) is 55.3 Å². The molecule has 9 heteroatoms. The van der Waals surface area contributed by atoms with Gasteiger partial charge < -0.3 is 20.3 Å². The largest absolute Gasteiger partial charge is 0.421 e. The molecule has 2 aliphatic rings. The van der Waals surface area contributed by atoms with E-state index in [1.165, 1.54) is 22.5 Å². The van der Waals surface area contributed by atoms with Gasteiger partial charge in [0.25, 0.3) is 5.91 Å². The third-order valence-electron chi connectivity index (χ3n) is 5.52. The van der Waals surface area contributed by atoms with Crippen LogP contribution < -0.4 is 16.0 Å². The predicted octanol–water partition coefficient (Wildman–Crippen LogP) is 3.10. The monoisotopic (exact) mass is 448 g/mol. The Morgan fingerprint density at radius 1 is 1.20 bits per heavy atom. The minimum absolute atomic E-state index is 0.308. The Morgan fingerprint density at radius 3 is 2.70 bits per heavy atom. The van der Waals surface area contributed by atoms with Gasteiger partial charge >= 0.3 is 6.09 Å². The fourth-order valence-corrected chi connectivity index (χ4v) is 4.77. The molecule has 1 atom stereocenters. The maximum atomic E-state index is 12.6. The second-order valence-electron chi connectivity index (χ2n) is 7.78. The summed E-state index contributed by atoms with van der Waals surface area (Å²) < 4.78 is 6.24. The number of hydrogen-bond acceptors (Lipinski definition) is 6. The highest BCUT2D eigenvalue weighted by Crippen LogP contribution is 2.25. The average molecular weight is 449 g/mol. The summed E-state index contributed by atoms with van der Waals surface area (Å²) in [4.78, 5) is 28.0. The molecule has 7 nitrogen and oxygen atoms in total. The van der Waals surface area contributed by atoms with Gasteiger partial charge in [0.05, 0.1) is 15.8 Å². The summed E-state index contributed by atoms with van der Waals surface area (Å²) >= 11 is 7.11. The van der Waals surface area contributed by atoms with E-state index in [0.717, 1.165) is 25.9 Å². The maximum Gasteiger partial charge on any atom is 0.413 e. The summed E-state index contributed by atoms with van der Waals surface area (Å²) in [6.45, 7) is 3.02. The van der Waals surface area contributed by atoms with Gasteiger partial charge in [-0.3, -0.25) is 10.1 Å². The highest BCUT2D eigenvalue weighted by atomic mass is 35.5.